The topological polar surface area (TPSA) is 192 Å². The molecule has 9 N–H and O–H groups in total. The number of nitrogens with two attached hydrogens (primary N) is 2. The summed E-state index contributed by atoms with van der Waals surface area (Å²) in [4.78, 5) is 53.8. The minimum atomic E-state index is -1.22. The van der Waals surface area contributed by atoms with Crippen molar-refractivity contribution in [3.8, 4) is 0 Å². The summed E-state index contributed by atoms with van der Waals surface area (Å²) in [6.45, 7) is 4.19. The van der Waals surface area contributed by atoms with Gasteiger partial charge in [-0.3, -0.25) is 14.4 Å². The van der Waals surface area contributed by atoms with Crippen molar-refractivity contribution >= 4 is 47.2 Å². The van der Waals surface area contributed by atoms with Crippen LogP contribution in [0.1, 0.15) is 45.1 Å². The maximum Gasteiger partial charge on any atom is 0.326 e. The number of carbonyl (C=O) groups is 4. The van der Waals surface area contributed by atoms with E-state index >= 15 is 0 Å². The molecule has 1 aromatic heterocycles. The summed E-state index contributed by atoms with van der Waals surface area (Å²) < 4.78 is 0. The number of para-hydroxylation sites is 1. The van der Waals surface area contributed by atoms with Gasteiger partial charge in [0.25, 0.3) is 0 Å². The van der Waals surface area contributed by atoms with Gasteiger partial charge in [0, 0.05) is 29.3 Å². The van der Waals surface area contributed by atoms with Gasteiger partial charge in [0.2, 0.25) is 17.7 Å². The summed E-state index contributed by atoms with van der Waals surface area (Å²) in [5.41, 5.74) is 13.1. The van der Waals surface area contributed by atoms with E-state index in [1.807, 2.05) is 38.1 Å². The second-order valence-electron chi connectivity index (χ2n) is 9.47. The Morgan fingerprint density at radius 3 is 2.34 bits per heavy atom. The number of nitrogens with one attached hydrogen (secondary N) is 4. The van der Waals surface area contributed by atoms with Crippen molar-refractivity contribution < 1.29 is 24.3 Å². The molecule has 0 spiro atoms. The van der Waals surface area contributed by atoms with E-state index in [0.29, 0.717) is 25.8 Å². The minimum Gasteiger partial charge on any atom is -0.480 e. The van der Waals surface area contributed by atoms with Crippen LogP contribution >= 0.6 is 12.6 Å². The lowest BCUT2D eigenvalue weighted by atomic mass is 9.97. The molecule has 2 aromatic rings. The fraction of sp³-hybridized carbons (Fsp3) is 0.538. The fourth-order valence-electron chi connectivity index (χ4n) is 4.05. The molecule has 5 unspecified atom stereocenters. The van der Waals surface area contributed by atoms with Gasteiger partial charge in [0.15, 0.2) is 0 Å². The monoisotopic (exact) mass is 548 g/mol. The minimum absolute atomic E-state index is 0.0475. The Morgan fingerprint density at radius 1 is 1.03 bits per heavy atom. The summed E-state index contributed by atoms with van der Waals surface area (Å²) in [7, 11) is 0. The van der Waals surface area contributed by atoms with Crippen LogP contribution in [-0.2, 0) is 25.6 Å². The molecule has 12 heteroatoms. The van der Waals surface area contributed by atoms with Gasteiger partial charge in [-0.25, -0.2) is 4.79 Å². The van der Waals surface area contributed by atoms with Crippen molar-refractivity contribution in [1.29, 1.82) is 0 Å². The smallest absolute Gasteiger partial charge is 0.326 e. The van der Waals surface area contributed by atoms with Crippen molar-refractivity contribution in [3.63, 3.8) is 0 Å². The van der Waals surface area contributed by atoms with Gasteiger partial charge >= 0.3 is 5.97 Å². The number of aromatic nitrogens is 1. The van der Waals surface area contributed by atoms with Crippen LogP contribution < -0.4 is 27.4 Å². The Bertz CT molecular complexity index is 1090. The summed E-state index contributed by atoms with van der Waals surface area (Å²) >= 11 is 4.19. The molecule has 3 amide bonds. The first-order valence-electron chi connectivity index (χ1n) is 12.9. The highest BCUT2D eigenvalue weighted by molar-refractivity contribution is 7.80. The summed E-state index contributed by atoms with van der Waals surface area (Å²) in [5, 5.41) is 18.4. The number of amides is 3. The number of carboxylic acid groups (broad SMARTS) is 1. The highest BCUT2D eigenvalue weighted by atomic mass is 32.1. The van der Waals surface area contributed by atoms with Gasteiger partial charge in [-0.05, 0) is 36.9 Å². The first-order valence-corrected chi connectivity index (χ1v) is 13.5. The van der Waals surface area contributed by atoms with E-state index in [1.165, 1.54) is 0 Å². The Labute approximate surface area is 228 Å². The molecule has 0 saturated carbocycles. The van der Waals surface area contributed by atoms with E-state index in [-0.39, 0.29) is 18.1 Å². The highest BCUT2D eigenvalue weighted by Crippen LogP contribution is 2.19. The number of benzene rings is 1. The molecule has 0 aliphatic heterocycles. The zero-order valence-corrected chi connectivity index (χ0v) is 22.8. The fourth-order valence-corrected chi connectivity index (χ4v) is 4.31. The number of aliphatic carboxylic acids is 1. The van der Waals surface area contributed by atoms with Crippen LogP contribution in [0.3, 0.4) is 0 Å². The van der Waals surface area contributed by atoms with E-state index in [1.54, 1.807) is 6.20 Å². The molecule has 210 valence electrons. The number of hydrogen-bond donors (Lipinski definition) is 8. The van der Waals surface area contributed by atoms with Crippen LogP contribution in [0.5, 0.6) is 0 Å². The number of thiol groups is 1. The van der Waals surface area contributed by atoms with E-state index in [2.05, 4.69) is 33.6 Å². The van der Waals surface area contributed by atoms with E-state index in [4.69, 9.17) is 11.5 Å². The normalized spacial score (nSPS) is 15.2. The molecule has 1 heterocycles. The third kappa shape index (κ3) is 8.74. The number of carboxylic acids is 1. The second-order valence-corrected chi connectivity index (χ2v) is 9.83. The van der Waals surface area contributed by atoms with Gasteiger partial charge in [0.1, 0.15) is 18.1 Å². The zero-order valence-electron chi connectivity index (χ0n) is 21.9. The van der Waals surface area contributed by atoms with Gasteiger partial charge in [-0.1, -0.05) is 44.9 Å². The lowest BCUT2D eigenvalue weighted by Crippen LogP contribution is -2.59. The van der Waals surface area contributed by atoms with Gasteiger partial charge in [-0.2, -0.15) is 12.6 Å². The molecule has 38 heavy (non-hydrogen) atoms. The largest absolute Gasteiger partial charge is 0.480 e. The first-order chi connectivity index (χ1) is 18.1. The number of carbonyl (C=O) groups excluding carboxylic acids is 3. The molecule has 1 aromatic carbocycles. The van der Waals surface area contributed by atoms with Crippen molar-refractivity contribution in [2.75, 3.05) is 12.3 Å². The lowest BCUT2D eigenvalue weighted by molar-refractivity contribution is -0.142. The van der Waals surface area contributed by atoms with Crippen LogP contribution in [-0.4, -0.2) is 70.2 Å². The van der Waals surface area contributed by atoms with Crippen LogP contribution in [0.2, 0.25) is 0 Å². The van der Waals surface area contributed by atoms with Gasteiger partial charge in [-0.15, -0.1) is 0 Å². The maximum absolute atomic E-state index is 13.1. The predicted octanol–water partition coefficient (Wildman–Crippen LogP) is 0.682. The third-order valence-electron chi connectivity index (χ3n) is 6.63. The molecular formula is C26H40N6O5S. The molecule has 0 fully saturated rings. The first kappa shape index (κ1) is 31.1. The third-order valence-corrected chi connectivity index (χ3v) is 6.99. The summed E-state index contributed by atoms with van der Waals surface area (Å²) in [6.07, 6.45) is 4.22. The van der Waals surface area contributed by atoms with Crippen LogP contribution in [0.25, 0.3) is 10.9 Å². The zero-order chi connectivity index (χ0) is 28.2. The van der Waals surface area contributed by atoms with Crippen LogP contribution in [0.15, 0.2) is 30.5 Å². The van der Waals surface area contributed by atoms with Crippen LogP contribution in [0.4, 0.5) is 0 Å². The average Bonchev–Trinajstić information content (AvgIpc) is 3.31. The Morgan fingerprint density at radius 2 is 1.71 bits per heavy atom. The number of rotatable bonds is 16. The Balaban J connectivity index is 2.07. The van der Waals surface area contributed by atoms with Gasteiger partial charge < -0.3 is 37.5 Å². The van der Waals surface area contributed by atoms with Crippen molar-refractivity contribution in [1.82, 2.24) is 20.9 Å². The maximum atomic E-state index is 13.1. The lowest BCUT2D eigenvalue weighted by Gasteiger charge is -2.27. The van der Waals surface area contributed by atoms with Crippen molar-refractivity contribution in [2.24, 2.45) is 17.4 Å². The number of hydrogen-bond acceptors (Lipinski definition) is 7. The Kier molecular flexibility index (Phi) is 12.6. The molecule has 5 atom stereocenters. The second kappa shape index (κ2) is 15.4. The van der Waals surface area contributed by atoms with E-state index in [9.17, 15) is 24.3 Å². The Hall–Kier alpha value is -3.09. The molecular weight excluding hydrogens is 508 g/mol. The number of fused-ring (bicyclic) bond motifs is 1. The molecule has 0 saturated heterocycles. The number of H-pyrrole nitrogens is 1. The molecule has 0 radical (unpaired) electrons. The molecule has 2 rings (SSSR count). The predicted molar refractivity (Wildman–Crippen MR) is 150 cm³/mol. The SMILES string of the molecule is CCC(C)C(NC(=O)C(N)CCCCN)C(=O)NC(CS)C(=O)NC(Cc1c[nH]c2ccccc12)C(=O)O. The number of unbranched alkanes of at least 4 members (excludes halogenated alkanes) is 1. The highest BCUT2D eigenvalue weighted by Gasteiger charge is 2.32. The standard InChI is InChI=1S/C26H40N6O5S/c1-3-15(2)22(32-23(33)18(28)9-6-7-11-27)25(35)31-21(14-38)24(34)30-20(26(36)37)12-16-13-29-19-10-5-4-8-17(16)19/h4-5,8,10,13,15,18,20-22,29,38H,3,6-7,9,11-12,14,27-28H2,1-2H3,(H,30,34)(H,31,35)(H,32,33)(H,36,37). The average molecular weight is 549 g/mol. The molecule has 0 aliphatic rings. The van der Waals surface area contributed by atoms with Crippen molar-refractivity contribution in [3.05, 3.63) is 36.0 Å². The molecule has 0 aliphatic carbocycles. The van der Waals surface area contributed by atoms with Gasteiger partial charge in [0.05, 0.1) is 6.04 Å². The van der Waals surface area contributed by atoms with Crippen LogP contribution in [0, 0.1) is 5.92 Å². The van der Waals surface area contributed by atoms with E-state index < -0.39 is 47.9 Å². The van der Waals surface area contributed by atoms with E-state index in [0.717, 1.165) is 22.9 Å². The number of aromatic amines is 1. The van der Waals surface area contributed by atoms with Crippen molar-refractivity contribution in [2.45, 2.75) is 70.1 Å². The molecule has 0 bridgehead atoms. The summed E-state index contributed by atoms with van der Waals surface area (Å²) in [5.74, 6) is -3.24. The molecule has 11 nitrogen and oxygen atoms in total. The summed E-state index contributed by atoms with van der Waals surface area (Å²) in [6, 6.07) is 3.40. The quantitative estimate of drug-likeness (QED) is 0.112.